The Morgan fingerprint density at radius 2 is 1.76 bits per heavy atom. The molecule has 1 unspecified atom stereocenters. The number of H-pyrrole nitrogens is 1. The van der Waals surface area contributed by atoms with Crippen molar-refractivity contribution in [2.45, 2.75) is 52.5 Å². The minimum Gasteiger partial charge on any atom is -0.364 e. The molecule has 0 saturated carbocycles. The lowest BCUT2D eigenvalue weighted by Gasteiger charge is -2.21. The molecule has 6 nitrogen and oxygen atoms in total. The van der Waals surface area contributed by atoms with Gasteiger partial charge in [0.2, 0.25) is 5.95 Å². The lowest BCUT2D eigenvalue weighted by atomic mass is 10.1. The van der Waals surface area contributed by atoms with Crippen LogP contribution < -0.4 is 10.6 Å². The van der Waals surface area contributed by atoms with Gasteiger partial charge in [-0.15, -0.1) is 0 Å². The van der Waals surface area contributed by atoms with Gasteiger partial charge in [-0.25, -0.2) is 4.98 Å². The highest BCUT2D eigenvalue weighted by molar-refractivity contribution is 5.87. The van der Waals surface area contributed by atoms with Crippen molar-refractivity contribution >= 4 is 39.4 Å². The summed E-state index contributed by atoms with van der Waals surface area (Å²) >= 11 is 0. The van der Waals surface area contributed by atoms with Gasteiger partial charge in [-0.1, -0.05) is 44.2 Å². The van der Waals surface area contributed by atoms with Crippen molar-refractivity contribution in [3.8, 4) is 0 Å². The molecule has 0 bridgehead atoms. The topological polar surface area (TPSA) is 78.5 Å². The van der Waals surface area contributed by atoms with E-state index in [0.29, 0.717) is 17.5 Å². The number of hydrogen-bond acceptors (Lipinski definition) is 5. The minimum atomic E-state index is -0.136. The molecule has 29 heavy (non-hydrogen) atoms. The van der Waals surface area contributed by atoms with Crippen molar-refractivity contribution < 1.29 is 0 Å². The highest BCUT2D eigenvalue weighted by Gasteiger charge is 2.19. The molecule has 150 valence electrons. The van der Waals surface area contributed by atoms with Crippen LogP contribution in [0.25, 0.3) is 21.9 Å². The molecule has 0 spiro atoms. The van der Waals surface area contributed by atoms with Crippen LogP contribution >= 0.6 is 0 Å². The zero-order chi connectivity index (χ0) is 20.6. The fourth-order valence-electron chi connectivity index (χ4n) is 3.24. The molecular formula is C23H28N6. The maximum Gasteiger partial charge on any atom is 0.231 e. The number of imidazole rings is 1. The Morgan fingerprint density at radius 1 is 1.00 bits per heavy atom. The Kier molecular flexibility index (Phi) is 4.86. The van der Waals surface area contributed by atoms with E-state index in [9.17, 15) is 0 Å². The van der Waals surface area contributed by atoms with E-state index in [4.69, 9.17) is 9.97 Å². The zero-order valence-electron chi connectivity index (χ0n) is 17.7. The normalized spacial score (nSPS) is 13.0. The molecule has 0 saturated heterocycles. The number of rotatable bonds is 5. The van der Waals surface area contributed by atoms with Crippen molar-refractivity contribution in [3.63, 3.8) is 0 Å². The first kappa shape index (κ1) is 19.2. The van der Waals surface area contributed by atoms with E-state index in [1.165, 1.54) is 10.8 Å². The van der Waals surface area contributed by atoms with Gasteiger partial charge in [0.1, 0.15) is 11.3 Å². The number of aromatic amines is 1. The summed E-state index contributed by atoms with van der Waals surface area (Å²) in [7, 11) is 0. The van der Waals surface area contributed by atoms with Gasteiger partial charge in [-0.05, 0) is 50.1 Å². The molecule has 0 radical (unpaired) electrons. The third kappa shape index (κ3) is 4.16. The Balaban J connectivity index is 1.76. The molecule has 0 aliphatic rings. The smallest absolute Gasteiger partial charge is 0.231 e. The van der Waals surface area contributed by atoms with Crippen LogP contribution in [0, 0.1) is 0 Å². The van der Waals surface area contributed by atoms with Crippen molar-refractivity contribution in [3.05, 3.63) is 48.3 Å². The summed E-state index contributed by atoms with van der Waals surface area (Å²) in [6, 6.07) is 14.5. The Hall–Kier alpha value is -3.15. The summed E-state index contributed by atoms with van der Waals surface area (Å²) in [5.41, 5.74) is 2.33. The van der Waals surface area contributed by atoms with Crippen LogP contribution in [0.4, 0.5) is 17.5 Å². The van der Waals surface area contributed by atoms with Crippen LogP contribution in [0.5, 0.6) is 0 Å². The number of benzene rings is 2. The second-order valence-corrected chi connectivity index (χ2v) is 8.59. The molecule has 6 heteroatoms. The molecule has 2 heterocycles. The maximum atomic E-state index is 4.76. The van der Waals surface area contributed by atoms with Gasteiger partial charge in [0.05, 0.1) is 0 Å². The van der Waals surface area contributed by atoms with Gasteiger partial charge in [0, 0.05) is 17.1 Å². The first-order valence-electron chi connectivity index (χ1n) is 10.1. The molecule has 0 amide bonds. The van der Waals surface area contributed by atoms with Gasteiger partial charge in [0.25, 0.3) is 0 Å². The van der Waals surface area contributed by atoms with Gasteiger partial charge in [-0.2, -0.15) is 9.97 Å². The fourth-order valence-corrected chi connectivity index (χ4v) is 3.24. The van der Waals surface area contributed by atoms with Crippen molar-refractivity contribution in [1.82, 2.24) is 19.9 Å². The second-order valence-electron chi connectivity index (χ2n) is 8.59. The monoisotopic (exact) mass is 388 g/mol. The molecule has 0 aliphatic heterocycles. The first-order chi connectivity index (χ1) is 13.8. The molecule has 0 aliphatic carbocycles. The zero-order valence-corrected chi connectivity index (χ0v) is 17.7. The first-order valence-corrected chi connectivity index (χ1v) is 10.1. The number of aromatic nitrogens is 4. The average Bonchev–Trinajstić information content (AvgIpc) is 3.10. The van der Waals surface area contributed by atoms with Crippen LogP contribution in [0.2, 0.25) is 0 Å². The second kappa shape index (κ2) is 7.35. The molecule has 0 fully saturated rings. The highest BCUT2D eigenvalue weighted by Crippen LogP contribution is 2.28. The number of hydrogen-bond donors (Lipinski definition) is 3. The van der Waals surface area contributed by atoms with E-state index < -0.39 is 0 Å². The largest absolute Gasteiger partial charge is 0.364 e. The molecule has 4 aromatic rings. The number of fused-ring (bicyclic) bond motifs is 2. The number of nitrogens with one attached hydrogen (secondary N) is 3. The SMILES string of the molecule is CCC(C)c1nc2nc(Nc3ccc4ccccc4c3)nc(NC(C)(C)C)c2[nH]1. The Labute approximate surface area is 171 Å². The number of anilines is 3. The van der Waals surface area contributed by atoms with Crippen LogP contribution in [0.3, 0.4) is 0 Å². The van der Waals surface area contributed by atoms with Crippen LogP contribution in [-0.2, 0) is 0 Å². The molecule has 2 aromatic heterocycles. The molecule has 4 rings (SSSR count). The summed E-state index contributed by atoms with van der Waals surface area (Å²) in [4.78, 5) is 17.6. The average molecular weight is 389 g/mol. The summed E-state index contributed by atoms with van der Waals surface area (Å²) in [6.45, 7) is 10.7. The lowest BCUT2D eigenvalue weighted by Crippen LogP contribution is -2.27. The van der Waals surface area contributed by atoms with E-state index in [-0.39, 0.29) is 5.54 Å². The Bertz CT molecular complexity index is 1160. The van der Waals surface area contributed by atoms with Gasteiger partial charge >= 0.3 is 0 Å². The van der Waals surface area contributed by atoms with E-state index in [1.807, 2.05) is 18.2 Å². The predicted octanol–water partition coefficient (Wildman–Crippen LogP) is 5.97. The molecule has 3 N–H and O–H groups in total. The van der Waals surface area contributed by atoms with E-state index >= 15 is 0 Å². The molecular weight excluding hydrogens is 360 g/mol. The van der Waals surface area contributed by atoms with E-state index in [2.05, 4.69) is 79.5 Å². The fraction of sp³-hybridized carbons (Fsp3) is 0.348. The van der Waals surface area contributed by atoms with E-state index in [0.717, 1.165) is 29.3 Å². The highest BCUT2D eigenvalue weighted by atomic mass is 15.2. The van der Waals surface area contributed by atoms with Crippen molar-refractivity contribution in [2.24, 2.45) is 0 Å². The third-order valence-electron chi connectivity index (χ3n) is 4.95. The minimum absolute atomic E-state index is 0.136. The maximum absolute atomic E-state index is 4.76. The predicted molar refractivity (Wildman–Crippen MR) is 121 cm³/mol. The van der Waals surface area contributed by atoms with Crippen LogP contribution in [-0.4, -0.2) is 25.5 Å². The number of nitrogens with zero attached hydrogens (tertiary/aromatic N) is 3. The summed E-state index contributed by atoms with van der Waals surface area (Å²) in [5, 5.41) is 9.21. The van der Waals surface area contributed by atoms with Gasteiger partial charge < -0.3 is 15.6 Å². The van der Waals surface area contributed by atoms with Crippen LogP contribution in [0.1, 0.15) is 52.8 Å². The van der Waals surface area contributed by atoms with Crippen molar-refractivity contribution in [2.75, 3.05) is 10.6 Å². The summed E-state index contributed by atoms with van der Waals surface area (Å²) in [6.07, 6.45) is 1.01. The van der Waals surface area contributed by atoms with Crippen molar-refractivity contribution in [1.29, 1.82) is 0 Å². The summed E-state index contributed by atoms with van der Waals surface area (Å²) in [5.74, 6) is 2.56. The lowest BCUT2D eigenvalue weighted by molar-refractivity contribution is 0.631. The van der Waals surface area contributed by atoms with Gasteiger partial charge in [0.15, 0.2) is 11.5 Å². The summed E-state index contributed by atoms with van der Waals surface area (Å²) < 4.78 is 0. The Morgan fingerprint density at radius 3 is 2.48 bits per heavy atom. The third-order valence-corrected chi connectivity index (χ3v) is 4.95. The standard InChI is InChI=1S/C23H28N6/c1-6-14(2)19-25-18-20(26-19)27-22(28-21(18)29-23(3,4)5)24-17-12-11-15-9-7-8-10-16(15)13-17/h7-14H,6H2,1-5H3,(H3,24,25,26,27,28,29). The van der Waals surface area contributed by atoms with E-state index in [1.54, 1.807) is 0 Å². The quantitative estimate of drug-likeness (QED) is 0.392. The molecule has 2 aromatic carbocycles. The van der Waals surface area contributed by atoms with Crippen LogP contribution in [0.15, 0.2) is 42.5 Å². The molecule has 1 atom stereocenters. The van der Waals surface area contributed by atoms with Gasteiger partial charge in [-0.3, -0.25) is 0 Å².